The number of aromatic nitrogens is 1. The number of nitrogens with one attached hydrogen (secondary N) is 1. The lowest BCUT2D eigenvalue weighted by Gasteiger charge is -2.21. The second-order valence-corrected chi connectivity index (χ2v) is 6.02. The molecule has 5 heteroatoms. The maximum absolute atomic E-state index is 5.92. The number of thiocarbonyl (C=S) groups is 1. The van der Waals surface area contributed by atoms with Gasteiger partial charge >= 0.3 is 0 Å². The highest BCUT2D eigenvalue weighted by molar-refractivity contribution is 7.80. The van der Waals surface area contributed by atoms with Crippen LogP contribution in [0.25, 0.3) is 10.9 Å². The first-order valence-electron chi connectivity index (χ1n) is 7.51. The van der Waals surface area contributed by atoms with Crippen molar-refractivity contribution in [2.75, 3.05) is 0 Å². The van der Waals surface area contributed by atoms with E-state index in [1.165, 1.54) is 10.9 Å². The normalized spacial score (nSPS) is 17.5. The van der Waals surface area contributed by atoms with Gasteiger partial charge in [0.25, 0.3) is 0 Å². The Morgan fingerprint density at radius 3 is 2.65 bits per heavy atom. The molecular formula is C18H16N4S. The number of rotatable bonds is 2. The molecule has 0 aliphatic carbocycles. The Morgan fingerprint density at radius 2 is 1.87 bits per heavy atom. The van der Waals surface area contributed by atoms with Gasteiger partial charge in [-0.2, -0.15) is 5.10 Å². The standard InChI is InChI=1S/C18H16N4S/c19-18(23)22-17(10-16(21-22)12-6-2-1-3-7-12)14-11-20-15-9-5-4-8-13(14)15/h1-9,11,17,20H,10H2,(H2,19,23). The van der Waals surface area contributed by atoms with Gasteiger partial charge in [-0.05, 0) is 23.8 Å². The van der Waals surface area contributed by atoms with Crippen LogP contribution in [-0.2, 0) is 0 Å². The number of aromatic amines is 1. The molecule has 1 aliphatic rings. The number of hydrogen-bond donors (Lipinski definition) is 2. The summed E-state index contributed by atoms with van der Waals surface area (Å²) in [4.78, 5) is 3.32. The Kier molecular flexibility index (Phi) is 3.35. The van der Waals surface area contributed by atoms with E-state index in [0.717, 1.165) is 23.2 Å². The molecule has 2 aromatic carbocycles. The lowest BCUT2D eigenvalue weighted by atomic mass is 9.98. The van der Waals surface area contributed by atoms with Crippen molar-refractivity contribution < 1.29 is 0 Å². The Labute approximate surface area is 139 Å². The predicted octanol–water partition coefficient (Wildman–Crippen LogP) is 3.56. The summed E-state index contributed by atoms with van der Waals surface area (Å²) in [6, 6.07) is 18.4. The van der Waals surface area contributed by atoms with E-state index < -0.39 is 0 Å². The number of benzene rings is 2. The number of hydrazone groups is 1. The van der Waals surface area contributed by atoms with Gasteiger partial charge in [0.1, 0.15) is 0 Å². The van der Waals surface area contributed by atoms with Crippen molar-refractivity contribution in [2.45, 2.75) is 12.5 Å². The van der Waals surface area contributed by atoms with Crippen LogP contribution < -0.4 is 5.73 Å². The fraction of sp³-hybridized carbons (Fsp3) is 0.111. The van der Waals surface area contributed by atoms with Crippen molar-refractivity contribution in [3.8, 4) is 0 Å². The topological polar surface area (TPSA) is 57.4 Å². The Balaban J connectivity index is 1.76. The summed E-state index contributed by atoms with van der Waals surface area (Å²) in [6.45, 7) is 0. The molecule has 23 heavy (non-hydrogen) atoms. The SMILES string of the molecule is NC(=S)N1N=C(c2ccccc2)CC1c1c[nH]c2ccccc12. The first kappa shape index (κ1) is 14.0. The van der Waals surface area contributed by atoms with Crippen molar-refractivity contribution in [1.82, 2.24) is 9.99 Å². The third kappa shape index (κ3) is 2.39. The molecule has 1 atom stereocenters. The number of H-pyrrole nitrogens is 1. The van der Waals surface area contributed by atoms with Gasteiger partial charge in [-0.15, -0.1) is 0 Å². The van der Waals surface area contributed by atoms with E-state index in [1.807, 2.05) is 36.5 Å². The van der Waals surface area contributed by atoms with Gasteiger partial charge in [0.05, 0.1) is 11.8 Å². The van der Waals surface area contributed by atoms with Gasteiger partial charge in [0, 0.05) is 29.1 Å². The smallest absolute Gasteiger partial charge is 0.187 e. The molecule has 114 valence electrons. The minimum absolute atomic E-state index is 0.0267. The van der Waals surface area contributed by atoms with Gasteiger partial charge in [0.15, 0.2) is 5.11 Å². The van der Waals surface area contributed by atoms with Crippen LogP contribution in [0.15, 0.2) is 65.9 Å². The summed E-state index contributed by atoms with van der Waals surface area (Å²) in [5.74, 6) is 0. The number of nitrogens with zero attached hydrogens (tertiary/aromatic N) is 2. The highest BCUT2D eigenvalue weighted by Gasteiger charge is 2.31. The van der Waals surface area contributed by atoms with E-state index in [9.17, 15) is 0 Å². The quantitative estimate of drug-likeness (QED) is 0.710. The van der Waals surface area contributed by atoms with Gasteiger partial charge in [-0.3, -0.25) is 0 Å². The molecule has 4 nitrogen and oxygen atoms in total. The molecule has 4 rings (SSSR count). The Hall–Kier alpha value is -2.66. The summed E-state index contributed by atoms with van der Waals surface area (Å²) in [6.07, 6.45) is 2.81. The van der Waals surface area contributed by atoms with Crippen molar-refractivity contribution in [2.24, 2.45) is 10.8 Å². The van der Waals surface area contributed by atoms with Crippen molar-refractivity contribution >= 4 is 33.9 Å². The van der Waals surface area contributed by atoms with E-state index >= 15 is 0 Å². The van der Waals surface area contributed by atoms with Crippen LogP contribution in [-0.4, -0.2) is 20.8 Å². The van der Waals surface area contributed by atoms with Crippen molar-refractivity contribution in [3.05, 3.63) is 71.9 Å². The van der Waals surface area contributed by atoms with Crippen LogP contribution in [0.5, 0.6) is 0 Å². The summed E-state index contributed by atoms with van der Waals surface area (Å²) in [7, 11) is 0. The van der Waals surface area contributed by atoms with E-state index in [0.29, 0.717) is 5.11 Å². The average molecular weight is 320 g/mol. The van der Waals surface area contributed by atoms with Crippen LogP contribution in [0.2, 0.25) is 0 Å². The Bertz CT molecular complexity index is 898. The molecule has 0 radical (unpaired) electrons. The third-order valence-electron chi connectivity index (χ3n) is 4.22. The fourth-order valence-corrected chi connectivity index (χ4v) is 3.30. The molecule has 1 unspecified atom stereocenters. The number of para-hydroxylation sites is 1. The summed E-state index contributed by atoms with van der Waals surface area (Å²) in [5.41, 5.74) is 10.3. The zero-order valence-corrected chi connectivity index (χ0v) is 13.3. The van der Waals surface area contributed by atoms with Gasteiger partial charge in [-0.25, -0.2) is 5.01 Å². The summed E-state index contributed by atoms with van der Waals surface area (Å²) in [5, 5.41) is 7.91. The largest absolute Gasteiger partial charge is 0.375 e. The minimum Gasteiger partial charge on any atom is -0.375 e. The Morgan fingerprint density at radius 1 is 1.13 bits per heavy atom. The second-order valence-electron chi connectivity index (χ2n) is 5.61. The lowest BCUT2D eigenvalue weighted by Crippen LogP contribution is -2.31. The van der Waals surface area contributed by atoms with E-state index in [1.54, 1.807) is 5.01 Å². The highest BCUT2D eigenvalue weighted by atomic mass is 32.1. The average Bonchev–Trinajstić information content (AvgIpc) is 3.19. The molecule has 0 saturated carbocycles. The highest BCUT2D eigenvalue weighted by Crippen LogP contribution is 2.36. The maximum Gasteiger partial charge on any atom is 0.187 e. The zero-order chi connectivity index (χ0) is 15.8. The summed E-state index contributed by atoms with van der Waals surface area (Å²) < 4.78 is 0. The minimum atomic E-state index is 0.0267. The molecule has 1 aliphatic heterocycles. The molecular weight excluding hydrogens is 304 g/mol. The lowest BCUT2D eigenvalue weighted by molar-refractivity contribution is 0.375. The second kappa shape index (κ2) is 5.52. The van der Waals surface area contributed by atoms with Gasteiger partial charge in [-0.1, -0.05) is 48.5 Å². The van der Waals surface area contributed by atoms with E-state index in [2.05, 4.69) is 34.4 Å². The van der Waals surface area contributed by atoms with Crippen LogP contribution >= 0.6 is 12.2 Å². The molecule has 0 amide bonds. The van der Waals surface area contributed by atoms with Crippen LogP contribution in [0.4, 0.5) is 0 Å². The predicted molar refractivity (Wildman–Crippen MR) is 97.3 cm³/mol. The van der Waals surface area contributed by atoms with Crippen LogP contribution in [0.1, 0.15) is 23.6 Å². The first-order chi connectivity index (χ1) is 11.2. The molecule has 1 aromatic heterocycles. The van der Waals surface area contributed by atoms with Crippen LogP contribution in [0.3, 0.4) is 0 Å². The van der Waals surface area contributed by atoms with E-state index in [-0.39, 0.29) is 6.04 Å². The third-order valence-corrected chi connectivity index (χ3v) is 4.41. The maximum atomic E-state index is 5.92. The number of nitrogens with two attached hydrogens (primary N) is 1. The molecule has 0 fully saturated rings. The van der Waals surface area contributed by atoms with Gasteiger partial charge in [0.2, 0.25) is 0 Å². The molecule has 0 saturated heterocycles. The van der Waals surface area contributed by atoms with Gasteiger partial charge < -0.3 is 10.7 Å². The molecule has 0 bridgehead atoms. The molecule has 3 N–H and O–H groups in total. The fourth-order valence-electron chi connectivity index (χ4n) is 3.13. The van der Waals surface area contributed by atoms with Crippen molar-refractivity contribution in [3.63, 3.8) is 0 Å². The first-order valence-corrected chi connectivity index (χ1v) is 7.92. The molecule has 0 spiro atoms. The number of hydrogen-bond acceptors (Lipinski definition) is 2. The summed E-state index contributed by atoms with van der Waals surface area (Å²) >= 11 is 5.22. The molecule has 3 aromatic rings. The van der Waals surface area contributed by atoms with E-state index in [4.69, 9.17) is 18.0 Å². The van der Waals surface area contributed by atoms with Crippen LogP contribution in [0, 0.1) is 0 Å². The zero-order valence-electron chi connectivity index (χ0n) is 12.4. The monoisotopic (exact) mass is 320 g/mol. The molecule has 2 heterocycles. The number of fused-ring (bicyclic) bond motifs is 1. The van der Waals surface area contributed by atoms with Crippen molar-refractivity contribution in [1.29, 1.82) is 0 Å².